The van der Waals surface area contributed by atoms with Crippen molar-refractivity contribution in [1.29, 1.82) is 5.26 Å². The normalized spacial score (nSPS) is 11.2. The lowest BCUT2D eigenvalue weighted by Gasteiger charge is -2.06. The summed E-state index contributed by atoms with van der Waals surface area (Å²) in [6, 6.07) is 4.94. The molecule has 0 radical (unpaired) electrons. The molecule has 108 valence electrons. The molecule has 0 saturated carbocycles. The van der Waals surface area contributed by atoms with Crippen molar-refractivity contribution in [3.8, 4) is 11.8 Å². The lowest BCUT2D eigenvalue weighted by atomic mass is 10.2. The fourth-order valence-corrected chi connectivity index (χ4v) is 1.83. The first-order chi connectivity index (χ1) is 9.75. The summed E-state index contributed by atoms with van der Waals surface area (Å²) >= 11 is 0. The van der Waals surface area contributed by atoms with Gasteiger partial charge in [0.2, 0.25) is 0 Å². The van der Waals surface area contributed by atoms with Gasteiger partial charge >= 0.3 is 12.1 Å². The number of halogens is 4. The Morgan fingerprint density at radius 2 is 1.95 bits per heavy atom. The zero-order valence-electron chi connectivity index (χ0n) is 10.1. The van der Waals surface area contributed by atoms with E-state index in [4.69, 9.17) is 10.4 Å². The molecule has 1 aromatic heterocycles. The van der Waals surface area contributed by atoms with E-state index in [9.17, 15) is 22.4 Å². The predicted molar refractivity (Wildman–Crippen MR) is 62.4 cm³/mol. The summed E-state index contributed by atoms with van der Waals surface area (Å²) in [5.41, 5.74) is -2.99. The highest BCUT2D eigenvalue weighted by atomic mass is 19.4. The summed E-state index contributed by atoms with van der Waals surface area (Å²) < 4.78 is 52.6. The highest BCUT2D eigenvalue weighted by Gasteiger charge is 2.37. The highest BCUT2D eigenvalue weighted by Crippen LogP contribution is 2.34. The lowest BCUT2D eigenvalue weighted by molar-refractivity contribution is -0.138. The third-order valence-corrected chi connectivity index (χ3v) is 2.74. The zero-order valence-corrected chi connectivity index (χ0v) is 10.1. The van der Waals surface area contributed by atoms with Crippen molar-refractivity contribution in [2.75, 3.05) is 0 Å². The second-order valence-corrected chi connectivity index (χ2v) is 4.04. The Morgan fingerprint density at radius 3 is 2.43 bits per heavy atom. The molecular formula is C13H6F4N2O2. The van der Waals surface area contributed by atoms with Gasteiger partial charge in [0.25, 0.3) is 0 Å². The van der Waals surface area contributed by atoms with Gasteiger partial charge in [-0.1, -0.05) is 6.07 Å². The third-order valence-electron chi connectivity index (χ3n) is 2.74. The second-order valence-electron chi connectivity index (χ2n) is 4.04. The van der Waals surface area contributed by atoms with E-state index in [1.54, 1.807) is 0 Å². The highest BCUT2D eigenvalue weighted by molar-refractivity contribution is 5.89. The van der Waals surface area contributed by atoms with Gasteiger partial charge in [0.15, 0.2) is 0 Å². The number of rotatable bonds is 2. The van der Waals surface area contributed by atoms with E-state index in [0.717, 1.165) is 10.6 Å². The lowest BCUT2D eigenvalue weighted by Crippen LogP contribution is -2.09. The van der Waals surface area contributed by atoms with Crippen molar-refractivity contribution < 1.29 is 27.5 Å². The maximum absolute atomic E-state index is 13.5. The molecule has 21 heavy (non-hydrogen) atoms. The van der Waals surface area contributed by atoms with Gasteiger partial charge in [0.05, 0.1) is 16.8 Å². The van der Waals surface area contributed by atoms with E-state index in [-0.39, 0.29) is 5.69 Å². The van der Waals surface area contributed by atoms with Crippen LogP contribution < -0.4 is 0 Å². The number of benzene rings is 1. The molecule has 2 rings (SSSR count). The first-order valence-corrected chi connectivity index (χ1v) is 5.47. The summed E-state index contributed by atoms with van der Waals surface area (Å²) in [5, 5.41) is 17.7. The number of carboxylic acids is 1. The van der Waals surface area contributed by atoms with Gasteiger partial charge in [-0.3, -0.25) is 0 Å². The molecule has 0 atom stereocenters. The molecule has 2 aromatic rings. The SMILES string of the molecule is N#Cc1c(F)cccc1-n1cc(C(=O)O)c(C(F)(F)F)c1. The van der Waals surface area contributed by atoms with Crippen LogP contribution in [0.25, 0.3) is 5.69 Å². The van der Waals surface area contributed by atoms with Gasteiger partial charge in [-0.25, -0.2) is 9.18 Å². The number of hydrogen-bond acceptors (Lipinski definition) is 2. The van der Waals surface area contributed by atoms with Crippen LogP contribution >= 0.6 is 0 Å². The van der Waals surface area contributed by atoms with Crippen LogP contribution in [0, 0.1) is 17.1 Å². The predicted octanol–water partition coefficient (Wildman–Crippen LogP) is 3.21. The minimum Gasteiger partial charge on any atom is -0.478 e. The fourth-order valence-electron chi connectivity index (χ4n) is 1.83. The monoisotopic (exact) mass is 298 g/mol. The first-order valence-electron chi connectivity index (χ1n) is 5.47. The molecule has 0 spiro atoms. The van der Waals surface area contributed by atoms with E-state index in [0.29, 0.717) is 12.4 Å². The van der Waals surface area contributed by atoms with Crippen molar-refractivity contribution in [2.24, 2.45) is 0 Å². The van der Waals surface area contributed by atoms with Gasteiger partial charge in [-0.2, -0.15) is 18.4 Å². The largest absolute Gasteiger partial charge is 0.478 e. The van der Waals surface area contributed by atoms with Gasteiger partial charge in [-0.15, -0.1) is 0 Å². The van der Waals surface area contributed by atoms with Crippen molar-refractivity contribution in [3.05, 3.63) is 53.1 Å². The summed E-state index contributed by atoms with van der Waals surface area (Å²) in [6.45, 7) is 0. The molecule has 0 aliphatic heterocycles. The molecule has 4 nitrogen and oxygen atoms in total. The quantitative estimate of drug-likeness (QED) is 0.866. The minimum absolute atomic E-state index is 0.171. The Labute approximate surface area is 115 Å². The Morgan fingerprint density at radius 1 is 1.29 bits per heavy atom. The first kappa shape index (κ1) is 14.6. The number of carboxylic acid groups (broad SMARTS) is 1. The fraction of sp³-hybridized carbons (Fsp3) is 0.0769. The Hall–Kier alpha value is -2.82. The molecule has 1 aromatic carbocycles. The van der Waals surface area contributed by atoms with Crippen LogP contribution in [0.15, 0.2) is 30.6 Å². The number of nitrogens with zero attached hydrogens (tertiary/aromatic N) is 2. The molecule has 1 heterocycles. The molecule has 1 N–H and O–H groups in total. The molecule has 0 aliphatic carbocycles. The zero-order chi connectivity index (χ0) is 15.8. The van der Waals surface area contributed by atoms with E-state index in [1.165, 1.54) is 18.2 Å². The molecule has 0 fully saturated rings. The third kappa shape index (κ3) is 2.58. The Bertz CT molecular complexity index is 757. The summed E-state index contributed by atoms with van der Waals surface area (Å²) in [4.78, 5) is 10.9. The van der Waals surface area contributed by atoms with Crippen molar-refractivity contribution in [3.63, 3.8) is 0 Å². The number of aromatic nitrogens is 1. The van der Waals surface area contributed by atoms with Gasteiger partial charge in [0, 0.05) is 12.4 Å². The van der Waals surface area contributed by atoms with Crippen LogP contribution in [0.5, 0.6) is 0 Å². The maximum atomic E-state index is 13.5. The van der Waals surface area contributed by atoms with Crippen molar-refractivity contribution in [2.45, 2.75) is 6.18 Å². The number of aromatic carboxylic acids is 1. The van der Waals surface area contributed by atoms with Crippen LogP contribution in [0.2, 0.25) is 0 Å². The standard InChI is InChI=1S/C13H6F4N2O2/c14-10-2-1-3-11(7(10)4-18)19-5-8(12(20)21)9(6-19)13(15,16)17/h1-3,5-6H,(H,20,21). The Kier molecular flexibility index (Phi) is 3.43. The summed E-state index contributed by atoms with van der Waals surface area (Å²) in [6.07, 6.45) is -3.67. The summed E-state index contributed by atoms with van der Waals surface area (Å²) in [7, 11) is 0. The van der Waals surface area contributed by atoms with Gasteiger partial charge < -0.3 is 9.67 Å². The Balaban J connectivity index is 2.71. The van der Waals surface area contributed by atoms with Crippen LogP contribution in [0.1, 0.15) is 21.5 Å². The molecule has 8 heteroatoms. The number of hydrogen-bond donors (Lipinski definition) is 1. The molecule has 0 unspecified atom stereocenters. The van der Waals surface area contributed by atoms with Crippen LogP contribution in [0.3, 0.4) is 0 Å². The number of alkyl halides is 3. The molecule has 0 saturated heterocycles. The van der Waals surface area contributed by atoms with E-state index in [2.05, 4.69) is 0 Å². The van der Waals surface area contributed by atoms with Crippen LogP contribution in [-0.2, 0) is 6.18 Å². The average Bonchev–Trinajstić information content (AvgIpc) is 2.83. The van der Waals surface area contributed by atoms with Gasteiger partial charge in [0.1, 0.15) is 17.4 Å². The van der Waals surface area contributed by atoms with Gasteiger partial charge in [-0.05, 0) is 12.1 Å². The number of nitriles is 1. The van der Waals surface area contributed by atoms with E-state index < -0.39 is 34.7 Å². The molecule has 0 aliphatic rings. The smallest absolute Gasteiger partial charge is 0.418 e. The van der Waals surface area contributed by atoms with Crippen molar-refractivity contribution in [1.82, 2.24) is 4.57 Å². The second kappa shape index (κ2) is 4.94. The maximum Gasteiger partial charge on any atom is 0.418 e. The minimum atomic E-state index is -4.88. The molecule has 0 amide bonds. The van der Waals surface area contributed by atoms with E-state index >= 15 is 0 Å². The topological polar surface area (TPSA) is 66.0 Å². The summed E-state index contributed by atoms with van der Waals surface area (Å²) in [5.74, 6) is -2.68. The average molecular weight is 298 g/mol. The van der Waals surface area contributed by atoms with E-state index in [1.807, 2.05) is 0 Å². The van der Waals surface area contributed by atoms with Crippen molar-refractivity contribution >= 4 is 5.97 Å². The van der Waals surface area contributed by atoms with Crippen LogP contribution in [-0.4, -0.2) is 15.6 Å². The molecule has 0 bridgehead atoms. The van der Waals surface area contributed by atoms with Crippen LogP contribution in [0.4, 0.5) is 17.6 Å². The molecular weight excluding hydrogens is 292 g/mol. The number of carbonyl (C=O) groups is 1.